The molecule has 0 spiro atoms. The maximum Gasteiger partial charge on any atom is 0.341 e. The molecule has 0 radical (unpaired) electrons. The highest BCUT2D eigenvalue weighted by atomic mass is 32.1. The van der Waals surface area contributed by atoms with Crippen molar-refractivity contribution < 1.29 is 14.3 Å². The first-order valence-corrected chi connectivity index (χ1v) is 13.0. The van der Waals surface area contributed by atoms with Gasteiger partial charge in [0.1, 0.15) is 5.00 Å². The molecule has 1 heterocycles. The van der Waals surface area contributed by atoms with Crippen molar-refractivity contribution >= 4 is 28.2 Å². The van der Waals surface area contributed by atoms with E-state index in [0.29, 0.717) is 29.5 Å². The van der Waals surface area contributed by atoms with E-state index in [-0.39, 0.29) is 11.9 Å². The number of hydrogen-bond donors (Lipinski definition) is 1. The van der Waals surface area contributed by atoms with E-state index in [0.717, 1.165) is 44.1 Å². The zero-order chi connectivity index (χ0) is 21.8. The molecule has 5 heteroatoms. The molecule has 0 bridgehead atoms. The first kappa shape index (κ1) is 24.9. The molecule has 2 rings (SSSR count). The average molecular weight is 436 g/mol. The Morgan fingerprint density at radius 1 is 1.00 bits per heavy atom. The van der Waals surface area contributed by atoms with Gasteiger partial charge in [-0.2, -0.15) is 0 Å². The minimum Gasteiger partial charge on any atom is -0.462 e. The van der Waals surface area contributed by atoms with Crippen LogP contribution in [0.25, 0.3) is 0 Å². The average Bonchev–Trinajstić information content (AvgIpc) is 3.07. The van der Waals surface area contributed by atoms with Crippen molar-refractivity contribution in [3.8, 4) is 0 Å². The largest absolute Gasteiger partial charge is 0.462 e. The standard InChI is InChI=1S/C25H41NO3S/c1-4-6-7-8-9-10-11-12-13-14-22(27)26-24-23(25(28)29-17-5-2)20-16-15-19(3)18-21(20)30-24/h19H,4-18H2,1-3H3,(H,26,27). The van der Waals surface area contributed by atoms with Crippen molar-refractivity contribution in [3.63, 3.8) is 0 Å². The van der Waals surface area contributed by atoms with Crippen LogP contribution < -0.4 is 5.32 Å². The number of carbonyl (C=O) groups is 2. The van der Waals surface area contributed by atoms with Crippen LogP contribution in [0.3, 0.4) is 0 Å². The number of fused-ring (bicyclic) bond motifs is 1. The fourth-order valence-corrected chi connectivity index (χ4v) is 5.52. The zero-order valence-corrected chi connectivity index (χ0v) is 20.1. The third kappa shape index (κ3) is 8.05. The zero-order valence-electron chi connectivity index (χ0n) is 19.3. The SMILES string of the molecule is CCCCCCCCCCCC(=O)Nc1sc2c(c1C(=O)OCCC)CCC(C)C2. The predicted octanol–water partition coefficient (Wildman–Crippen LogP) is 7.30. The van der Waals surface area contributed by atoms with E-state index in [9.17, 15) is 9.59 Å². The van der Waals surface area contributed by atoms with Crippen LogP contribution in [-0.2, 0) is 22.4 Å². The first-order valence-electron chi connectivity index (χ1n) is 12.2. The molecular formula is C25H41NO3S. The maximum atomic E-state index is 12.7. The molecule has 1 amide bonds. The van der Waals surface area contributed by atoms with Crippen LogP contribution in [0.1, 0.15) is 119 Å². The molecule has 1 aromatic heterocycles. The highest BCUT2D eigenvalue weighted by molar-refractivity contribution is 7.17. The van der Waals surface area contributed by atoms with Gasteiger partial charge in [0.25, 0.3) is 0 Å². The van der Waals surface area contributed by atoms with E-state index in [1.54, 1.807) is 11.3 Å². The molecule has 170 valence electrons. The highest BCUT2D eigenvalue weighted by Crippen LogP contribution is 2.40. The van der Waals surface area contributed by atoms with Gasteiger partial charge in [-0.1, -0.05) is 72.1 Å². The van der Waals surface area contributed by atoms with Gasteiger partial charge in [0, 0.05) is 11.3 Å². The number of unbranched alkanes of at least 4 members (excludes halogenated alkanes) is 8. The molecule has 4 nitrogen and oxygen atoms in total. The topological polar surface area (TPSA) is 55.4 Å². The van der Waals surface area contributed by atoms with E-state index < -0.39 is 0 Å². The van der Waals surface area contributed by atoms with Gasteiger partial charge >= 0.3 is 5.97 Å². The summed E-state index contributed by atoms with van der Waals surface area (Å²) in [5.74, 6) is 0.373. The molecule has 1 atom stereocenters. The second-order valence-corrected chi connectivity index (χ2v) is 9.92. The summed E-state index contributed by atoms with van der Waals surface area (Å²) in [4.78, 5) is 26.5. The molecule has 0 fully saturated rings. The van der Waals surface area contributed by atoms with Crippen LogP contribution in [-0.4, -0.2) is 18.5 Å². The van der Waals surface area contributed by atoms with Crippen LogP contribution in [0.15, 0.2) is 0 Å². The van der Waals surface area contributed by atoms with Gasteiger partial charge in [0.15, 0.2) is 0 Å². The molecule has 1 unspecified atom stereocenters. The second-order valence-electron chi connectivity index (χ2n) is 8.82. The summed E-state index contributed by atoms with van der Waals surface area (Å²) in [6.07, 6.45) is 15.4. The Morgan fingerprint density at radius 2 is 1.67 bits per heavy atom. The van der Waals surface area contributed by atoms with Crippen molar-refractivity contribution in [1.29, 1.82) is 0 Å². The first-order chi connectivity index (χ1) is 14.6. The van der Waals surface area contributed by atoms with Gasteiger partial charge in [0.05, 0.1) is 12.2 Å². The molecule has 0 aromatic carbocycles. The van der Waals surface area contributed by atoms with Gasteiger partial charge in [-0.05, 0) is 43.6 Å². The lowest BCUT2D eigenvalue weighted by Gasteiger charge is -2.18. The Hall–Kier alpha value is -1.36. The Kier molecular flexibility index (Phi) is 11.5. The summed E-state index contributed by atoms with van der Waals surface area (Å²) in [5.41, 5.74) is 1.73. The van der Waals surface area contributed by atoms with Gasteiger partial charge in [-0.25, -0.2) is 4.79 Å². The number of carbonyl (C=O) groups excluding carboxylic acids is 2. The number of nitrogens with one attached hydrogen (secondary N) is 1. The monoisotopic (exact) mass is 435 g/mol. The Morgan fingerprint density at radius 3 is 2.33 bits per heavy atom. The number of ether oxygens (including phenoxy) is 1. The number of hydrogen-bond acceptors (Lipinski definition) is 4. The molecule has 1 aliphatic carbocycles. The second kappa shape index (κ2) is 13.8. The highest BCUT2D eigenvalue weighted by Gasteiger charge is 2.29. The van der Waals surface area contributed by atoms with Crippen molar-refractivity contribution in [2.24, 2.45) is 5.92 Å². The van der Waals surface area contributed by atoms with Crippen LogP contribution in [0, 0.1) is 5.92 Å². The Balaban J connectivity index is 1.83. The smallest absolute Gasteiger partial charge is 0.341 e. The predicted molar refractivity (Wildman–Crippen MR) is 127 cm³/mol. The Labute approximate surface area is 187 Å². The van der Waals surface area contributed by atoms with Crippen molar-refractivity contribution in [2.75, 3.05) is 11.9 Å². The third-order valence-electron chi connectivity index (χ3n) is 5.91. The molecule has 0 saturated heterocycles. The van der Waals surface area contributed by atoms with Gasteiger partial charge in [-0.3, -0.25) is 4.79 Å². The van der Waals surface area contributed by atoms with E-state index in [1.165, 1.54) is 49.8 Å². The van der Waals surface area contributed by atoms with Crippen LogP contribution in [0.2, 0.25) is 0 Å². The summed E-state index contributed by atoms with van der Waals surface area (Å²) in [5, 5.41) is 3.75. The van der Waals surface area contributed by atoms with E-state index in [2.05, 4.69) is 19.2 Å². The molecule has 0 saturated carbocycles. The number of esters is 1. The van der Waals surface area contributed by atoms with E-state index in [1.807, 2.05) is 6.92 Å². The van der Waals surface area contributed by atoms with E-state index in [4.69, 9.17) is 4.74 Å². The number of amides is 1. The fourth-order valence-electron chi connectivity index (χ4n) is 4.11. The van der Waals surface area contributed by atoms with Gasteiger partial charge in [0.2, 0.25) is 5.91 Å². The fraction of sp³-hybridized carbons (Fsp3) is 0.760. The quantitative estimate of drug-likeness (QED) is 0.246. The lowest BCUT2D eigenvalue weighted by Crippen LogP contribution is -2.16. The normalized spacial score (nSPS) is 15.6. The number of anilines is 1. The van der Waals surface area contributed by atoms with Crippen LogP contribution >= 0.6 is 11.3 Å². The summed E-state index contributed by atoms with van der Waals surface area (Å²) >= 11 is 1.58. The molecule has 30 heavy (non-hydrogen) atoms. The third-order valence-corrected chi connectivity index (χ3v) is 7.08. The van der Waals surface area contributed by atoms with Crippen molar-refractivity contribution in [2.45, 2.75) is 111 Å². The van der Waals surface area contributed by atoms with Gasteiger partial charge in [-0.15, -0.1) is 11.3 Å². The van der Waals surface area contributed by atoms with Gasteiger partial charge < -0.3 is 10.1 Å². The lowest BCUT2D eigenvalue weighted by molar-refractivity contribution is -0.116. The number of thiophene rings is 1. The number of rotatable bonds is 14. The maximum absolute atomic E-state index is 12.7. The summed E-state index contributed by atoms with van der Waals surface area (Å²) < 4.78 is 5.43. The van der Waals surface area contributed by atoms with Crippen molar-refractivity contribution in [1.82, 2.24) is 0 Å². The van der Waals surface area contributed by atoms with Crippen LogP contribution in [0.4, 0.5) is 5.00 Å². The molecule has 1 aromatic rings. The van der Waals surface area contributed by atoms with Crippen molar-refractivity contribution in [3.05, 3.63) is 16.0 Å². The minimum absolute atomic E-state index is 0.0223. The molecule has 1 aliphatic rings. The lowest BCUT2D eigenvalue weighted by atomic mass is 9.88. The molecular weight excluding hydrogens is 394 g/mol. The van der Waals surface area contributed by atoms with E-state index >= 15 is 0 Å². The molecule has 0 aliphatic heterocycles. The van der Waals surface area contributed by atoms with Crippen LogP contribution in [0.5, 0.6) is 0 Å². The summed E-state index contributed by atoms with van der Waals surface area (Å²) in [6, 6.07) is 0. The molecule has 1 N–H and O–H groups in total. The minimum atomic E-state index is -0.276. The summed E-state index contributed by atoms with van der Waals surface area (Å²) in [6.45, 7) is 6.91. The Bertz CT molecular complexity index is 668. The summed E-state index contributed by atoms with van der Waals surface area (Å²) in [7, 11) is 0.